The van der Waals surface area contributed by atoms with Crippen molar-refractivity contribution >= 4 is 11.9 Å². The van der Waals surface area contributed by atoms with E-state index in [0.717, 1.165) is 31.2 Å². The van der Waals surface area contributed by atoms with Crippen LogP contribution in [0.3, 0.4) is 0 Å². The molecule has 212 valence electrons. The monoisotopic (exact) mass is 525 g/mol. The molecule has 1 aliphatic rings. The zero-order valence-electron chi connectivity index (χ0n) is 24.0. The van der Waals surface area contributed by atoms with Gasteiger partial charge in [0.15, 0.2) is 0 Å². The number of hydrogen-bond donors (Lipinski definition) is 1. The maximum Gasteiger partial charge on any atom is 0.336 e. The molecule has 1 aromatic rings. The normalized spacial score (nSPS) is 13.4. The number of benzene rings is 1. The van der Waals surface area contributed by atoms with Crippen molar-refractivity contribution in [2.75, 3.05) is 13.2 Å². The van der Waals surface area contributed by atoms with Gasteiger partial charge in [-0.15, -0.1) is 0 Å². The number of carbonyl (C=O) groups excluding carboxylic acids is 2. The summed E-state index contributed by atoms with van der Waals surface area (Å²) in [6.07, 6.45) is 22.3. The second kappa shape index (κ2) is 20.4. The first-order valence-corrected chi connectivity index (χ1v) is 15.2. The van der Waals surface area contributed by atoms with E-state index in [2.05, 4.69) is 19.2 Å². The molecular weight excluding hydrogens is 474 g/mol. The van der Waals surface area contributed by atoms with Gasteiger partial charge in [0.05, 0.1) is 30.3 Å². The summed E-state index contributed by atoms with van der Waals surface area (Å²) in [4.78, 5) is 26.1. The Bertz CT molecular complexity index is 796. The highest BCUT2D eigenvalue weighted by Crippen LogP contribution is 2.35. The van der Waals surface area contributed by atoms with Crippen LogP contribution in [0.25, 0.3) is 0 Å². The topological polar surface area (TPSA) is 64.6 Å². The van der Waals surface area contributed by atoms with E-state index in [0.29, 0.717) is 24.4 Å². The lowest BCUT2D eigenvalue weighted by molar-refractivity contribution is -0.140. The largest absolute Gasteiger partial charge is 0.462 e. The third-order valence-electron chi connectivity index (χ3n) is 7.17. The molecule has 2 rings (SSSR count). The molecule has 1 aliphatic heterocycles. The van der Waals surface area contributed by atoms with E-state index in [1.165, 1.54) is 77.0 Å². The fourth-order valence-electron chi connectivity index (χ4n) is 4.88. The summed E-state index contributed by atoms with van der Waals surface area (Å²) >= 11 is 0. The maximum absolute atomic E-state index is 13.1. The molecule has 38 heavy (non-hydrogen) atoms. The van der Waals surface area contributed by atoms with Crippen molar-refractivity contribution in [1.29, 1.82) is 0 Å². The van der Waals surface area contributed by atoms with Crippen molar-refractivity contribution in [2.45, 2.75) is 122 Å². The summed E-state index contributed by atoms with van der Waals surface area (Å²) in [6.45, 7) is 5.25. The minimum atomic E-state index is -0.505. The summed E-state index contributed by atoms with van der Waals surface area (Å²) in [5, 5.41) is 2.99. The molecule has 5 heteroatoms. The van der Waals surface area contributed by atoms with Crippen LogP contribution in [0.2, 0.25) is 0 Å². The molecule has 0 aliphatic carbocycles. The molecule has 0 fully saturated rings. The minimum absolute atomic E-state index is 0.379. The molecule has 0 saturated carbocycles. The van der Waals surface area contributed by atoms with Crippen molar-refractivity contribution in [2.24, 2.45) is 0 Å². The molecule has 0 aromatic heterocycles. The molecule has 0 radical (unpaired) electrons. The van der Waals surface area contributed by atoms with Crippen molar-refractivity contribution in [3.8, 4) is 0 Å². The summed E-state index contributed by atoms with van der Waals surface area (Å²) in [6, 6.07) is 9.65. The van der Waals surface area contributed by atoms with Crippen molar-refractivity contribution < 1.29 is 19.1 Å². The molecule has 0 atom stereocenters. The predicted octanol–water partition coefficient (Wildman–Crippen LogP) is 8.51. The standard InChI is InChI=1S/C33H51NO4/c1-3-5-7-9-11-13-15-20-24-37-32(35)29-26-34-27-30(31(29)28-22-18-17-19-23-28)33(36)38-25-21-16-14-12-10-8-6-4-2/h17-19,22-23,26-27,31,34H,3-16,20-21,24-25H2,1-2H3. The lowest BCUT2D eigenvalue weighted by Crippen LogP contribution is -2.27. The molecule has 1 heterocycles. The zero-order valence-corrected chi connectivity index (χ0v) is 24.0. The Labute approximate surface area is 231 Å². The number of dihydropyridines is 1. The van der Waals surface area contributed by atoms with Crippen LogP contribution in [0, 0.1) is 0 Å². The summed E-state index contributed by atoms with van der Waals surface area (Å²) in [7, 11) is 0. The smallest absolute Gasteiger partial charge is 0.336 e. The minimum Gasteiger partial charge on any atom is -0.462 e. The Balaban J connectivity index is 1.83. The van der Waals surface area contributed by atoms with Gasteiger partial charge in [0.1, 0.15) is 0 Å². The average Bonchev–Trinajstić information content (AvgIpc) is 2.95. The van der Waals surface area contributed by atoms with Crippen molar-refractivity contribution in [1.82, 2.24) is 5.32 Å². The van der Waals surface area contributed by atoms with Gasteiger partial charge in [-0.3, -0.25) is 0 Å². The van der Waals surface area contributed by atoms with Crippen LogP contribution in [-0.4, -0.2) is 25.2 Å². The maximum atomic E-state index is 13.1. The van der Waals surface area contributed by atoms with E-state index in [4.69, 9.17) is 9.47 Å². The molecule has 0 saturated heterocycles. The highest BCUT2D eigenvalue weighted by molar-refractivity contribution is 5.98. The van der Waals surface area contributed by atoms with Gasteiger partial charge >= 0.3 is 11.9 Å². The van der Waals surface area contributed by atoms with Gasteiger partial charge in [-0.2, -0.15) is 0 Å². The van der Waals surface area contributed by atoms with Crippen LogP contribution in [0.15, 0.2) is 53.9 Å². The second-order valence-corrected chi connectivity index (χ2v) is 10.4. The van der Waals surface area contributed by atoms with Gasteiger partial charge in [0.2, 0.25) is 0 Å². The van der Waals surface area contributed by atoms with E-state index >= 15 is 0 Å². The first-order valence-electron chi connectivity index (χ1n) is 15.2. The van der Waals surface area contributed by atoms with E-state index in [1.54, 1.807) is 12.4 Å². The van der Waals surface area contributed by atoms with Crippen LogP contribution in [0.5, 0.6) is 0 Å². The first kappa shape index (κ1) is 31.7. The number of carbonyl (C=O) groups is 2. The number of unbranched alkanes of at least 4 members (excludes halogenated alkanes) is 14. The van der Waals surface area contributed by atoms with E-state index in [9.17, 15) is 9.59 Å². The van der Waals surface area contributed by atoms with Crippen LogP contribution in [0.1, 0.15) is 128 Å². The SMILES string of the molecule is CCCCCCCCCCOC(=O)C1=CNC=C(C(=O)OCCCCCCCCCC)C1c1ccccc1. The number of hydrogen-bond acceptors (Lipinski definition) is 5. The molecule has 0 spiro atoms. The Morgan fingerprint density at radius 3 is 1.42 bits per heavy atom. The first-order chi connectivity index (χ1) is 18.7. The van der Waals surface area contributed by atoms with Gasteiger partial charge in [-0.05, 0) is 18.4 Å². The van der Waals surface area contributed by atoms with E-state index in [1.807, 2.05) is 30.3 Å². The van der Waals surface area contributed by atoms with Gasteiger partial charge in [-0.25, -0.2) is 9.59 Å². The molecule has 1 aromatic carbocycles. The van der Waals surface area contributed by atoms with Crippen LogP contribution in [-0.2, 0) is 19.1 Å². The fourth-order valence-corrected chi connectivity index (χ4v) is 4.88. The highest BCUT2D eigenvalue weighted by atomic mass is 16.5. The number of esters is 2. The number of nitrogens with one attached hydrogen (secondary N) is 1. The Morgan fingerprint density at radius 1 is 0.605 bits per heavy atom. The van der Waals surface area contributed by atoms with Gasteiger partial charge in [0, 0.05) is 12.4 Å². The molecule has 0 amide bonds. The molecule has 1 N–H and O–H groups in total. The Hall–Kier alpha value is -2.56. The third kappa shape index (κ3) is 12.3. The lowest BCUT2D eigenvalue weighted by atomic mass is 9.84. The molecule has 0 unspecified atom stereocenters. The predicted molar refractivity (Wildman–Crippen MR) is 156 cm³/mol. The fraction of sp³-hybridized carbons (Fsp3) is 0.636. The molecular formula is C33H51NO4. The van der Waals surface area contributed by atoms with E-state index in [-0.39, 0.29) is 11.9 Å². The third-order valence-corrected chi connectivity index (χ3v) is 7.17. The number of ether oxygens (including phenoxy) is 2. The summed E-state index contributed by atoms with van der Waals surface area (Å²) < 4.78 is 11.3. The quantitative estimate of drug-likeness (QED) is 0.129. The molecule has 0 bridgehead atoms. The lowest BCUT2D eigenvalue weighted by Gasteiger charge is -2.25. The zero-order chi connectivity index (χ0) is 27.3. The average molecular weight is 526 g/mol. The molecule has 5 nitrogen and oxygen atoms in total. The van der Waals surface area contributed by atoms with Crippen LogP contribution < -0.4 is 5.32 Å². The highest BCUT2D eigenvalue weighted by Gasteiger charge is 2.33. The van der Waals surface area contributed by atoms with E-state index < -0.39 is 5.92 Å². The van der Waals surface area contributed by atoms with Gasteiger partial charge in [0.25, 0.3) is 0 Å². The number of rotatable bonds is 21. The Kier molecular flexibility index (Phi) is 17.0. The Morgan fingerprint density at radius 2 is 1.00 bits per heavy atom. The van der Waals surface area contributed by atoms with Crippen molar-refractivity contribution in [3.63, 3.8) is 0 Å². The second-order valence-electron chi connectivity index (χ2n) is 10.4. The summed E-state index contributed by atoms with van der Waals surface area (Å²) in [5.74, 6) is -1.26. The van der Waals surface area contributed by atoms with Gasteiger partial charge in [-0.1, -0.05) is 134 Å². The van der Waals surface area contributed by atoms with Gasteiger partial charge < -0.3 is 14.8 Å². The van der Waals surface area contributed by atoms with Crippen LogP contribution >= 0.6 is 0 Å². The van der Waals surface area contributed by atoms with Crippen molar-refractivity contribution in [3.05, 3.63) is 59.4 Å². The van der Waals surface area contributed by atoms with Crippen LogP contribution in [0.4, 0.5) is 0 Å². The summed E-state index contributed by atoms with van der Waals surface area (Å²) in [5.41, 5.74) is 1.76.